The standard InChI is InChI=1S/C16H10N2O.C16H9N2O.2C12H10N.CHF3O3S.2CH4O.2Ir/c2*1-2-6-11(7-3-1)14-16-15(18-10-17-14)12-8-4-5-9-13(12)19-16;2*1-10-6-5-9-12(13-10)11-7-3-2-4-8-11;2-1(3,4)8(5,6)7;2*1-2;;/h1-10H;1-6,8-10H;2*2-7,9H,1H3;(H,5,6,7);2*2H,1H3;;/q;3*-1;;;;;. The molecule has 6 aromatic heterocycles. The maximum atomic E-state index is 10.7. The smallest absolute Gasteiger partial charge is 0.462 e. The third-order valence-corrected chi connectivity index (χ3v) is 11.0. The number of aryl methyl sites for hydroxylation is 2. The van der Waals surface area contributed by atoms with Gasteiger partial charge in [0.1, 0.15) is 46.1 Å². The van der Waals surface area contributed by atoms with Crippen LogP contribution < -0.4 is 0 Å². The van der Waals surface area contributed by atoms with Gasteiger partial charge < -0.3 is 29.0 Å². The van der Waals surface area contributed by atoms with Gasteiger partial charge in [0.2, 0.25) is 0 Å². The fourth-order valence-corrected chi connectivity index (χ4v) is 7.07. The maximum absolute atomic E-state index is 10.7. The van der Waals surface area contributed by atoms with Crippen LogP contribution in [0.2, 0.25) is 0 Å². The summed E-state index contributed by atoms with van der Waals surface area (Å²) in [7, 11) is -3.84. The number of para-hydroxylation sites is 2. The molecule has 13 nitrogen and oxygen atoms in total. The number of furan rings is 2. The molecule has 12 rings (SSSR count). The number of benzene rings is 6. The summed E-state index contributed by atoms with van der Waals surface area (Å²) in [6.07, 6.45) is 3.16. The average Bonchev–Trinajstić information content (AvgIpc) is 4.06. The predicted molar refractivity (Wildman–Crippen MR) is 289 cm³/mol. The van der Waals surface area contributed by atoms with Crippen LogP contribution in [0.25, 0.3) is 89.2 Å². The second-order valence-corrected chi connectivity index (χ2v) is 16.9. The zero-order valence-corrected chi connectivity index (χ0v) is 47.5. The number of nitrogens with zero attached hydrogens (tertiary/aromatic N) is 6. The molecule has 0 fully saturated rings. The second kappa shape index (κ2) is 30.9. The molecule has 404 valence electrons. The van der Waals surface area contributed by atoms with Gasteiger partial charge in [0.15, 0.2) is 5.58 Å². The molecule has 0 amide bonds. The van der Waals surface area contributed by atoms with Gasteiger partial charge in [0.05, 0.1) is 0 Å². The van der Waals surface area contributed by atoms with Gasteiger partial charge in [-0.05, 0) is 61.6 Å². The summed E-state index contributed by atoms with van der Waals surface area (Å²) in [5.41, 5.74) is 9.01. The van der Waals surface area contributed by atoms with E-state index in [-0.39, 0.29) is 40.2 Å². The van der Waals surface area contributed by atoms with E-state index in [1.54, 1.807) is 12.7 Å². The molecule has 12 aromatic rings. The summed E-state index contributed by atoms with van der Waals surface area (Å²) in [6.45, 7) is 3.98. The molecular formula is C59H48F3Ir2N6O7S-3. The first-order valence-corrected chi connectivity index (χ1v) is 24.3. The van der Waals surface area contributed by atoms with E-state index in [1.165, 1.54) is 0 Å². The molecule has 0 saturated heterocycles. The molecule has 0 saturated carbocycles. The fraction of sp³-hybridized carbons (Fsp3) is 0.0847. The van der Waals surface area contributed by atoms with Crippen molar-refractivity contribution in [1.29, 1.82) is 0 Å². The number of aromatic nitrogens is 6. The molecule has 2 radical (unpaired) electrons. The van der Waals surface area contributed by atoms with Gasteiger partial charge in [0.25, 0.3) is 0 Å². The third-order valence-electron chi connectivity index (χ3n) is 10.4. The van der Waals surface area contributed by atoms with Crippen molar-refractivity contribution in [3.05, 3.63) is 230 Å². The summed E-state index contributed by atoms with van der Waals surface area (Å²) in [4.78, 5) is 26.2. The van der Waals surface area contributed by atoms with Gasteiger partial charge in [-0.25, -0.2) is 15.0 Å². The van der Waals surface area contributed by atoms with Crippen LogP contribution >= 0.6 is 0 Å². The summed E-state index contributed by atoms with van der Waals surface area (Å²) in [6, 6.07) is 70.8. The first-order valence-electron chi connectivity index (χ1n) is 22.9. The van der Waals surface area contributed by atoms with E-state index < -0.39 is 15.6 Å². The van der Waals surface area contributed by atoms with Gasteiger partial charge in [0, 0.05) is 87.8 Å². The Bertz CT molecular complexity index is 3600. The van der Waals surface area contributed by atoms with Crippen LogP contribution in [-0.2, 0) is 50.3 Å². The minimum atomic E-state index is -5.84. The maximum Gasteiger partial charge on any atom is 0.522 e. The van der Waals surface area contributed by atoms with Crippen LogP contribution in [0.4, 0.5) is 13.2 Å². The van der Waals surface area contributed by atoms with Crippen molar-refractivity contribution in [2.45, 2.75) is 19.4 Å². The molecule has 6 heterocycles. The van der Waals surface area contributed by atoms with Crippen LogP contribution in [0.1, 0.15) is 11.4 Å². The fourth-order valence-electron chi connectivity index (χ4n) is 7.07. The number of hydrogen-bond acceptors (Lipinski definition) is 12. The molecule has 0 aliphatic heterocycles. The molecule has 19 heteroatoms. The van der Waals surface area contributed by atoms with Crippen LogP contribution in [0.5, 0.6) is 0 Å². The second-order valence-electron chi connectivity index (χ2n) is 15.4. The topological polar surface area (TPSA) is 198 Å². The van der Waals surface area contributed by atoms with Crippen LogP contribution in [0, 0.1) is 32.0 Å². The third kappa shape index (κ3) is 16.9. The Morgan fingerprint density at radius 1 is 0.462 bits per heavy atom. The Kier molecular flexibility index (Phi) is 24.9. The number of halogens is 3. The number of pyridine rings is 2. The van der Waals surface area contributed by atoms with Gasteiger partial charge in [-0.3, -0.25) is 9.54 Å². The van der Waals surface area contributed by atoms with Crippen LogP contribution in [0.3, 0.4) is 0 Å². The van der Waals surface area contributed by atoms with Crippen molar-refractivity contribution >= 4 is 54.3 Å². The van der Waals surface area contributed by atoms with Gasteiger partial charge in [-0.1, -0.05) is 78.9 Å². The van der Waals surface area contributed by atoms with Crippen LogP contribution in [0.15, 0.2) is 210 Å². The molecule has 6 aromatic carbocycles. The number of fused-ring (bicyclic) bond motifs is 6. The van der Waals surface area contributed by atoms with E-state index in [1.807, 2.05) is 202 Å². The van der Waals surface area contributed by atoms with Gasteiger partial charge in [-0.15, -0.1) is 108 Å². The molecule has 78 heavy (non-hydrogen) atoms. The zero-order chi connectivity index (χ0) is 54.5. The Balaban J connectivity index is 0.000000211. The normalized spacial score (nSPS) is 10.3. The minimum absolute atomic E-state index is 0. The van der Waals surface area contributed by atoms with E-state index in [0.717, 1.165) is 109 Å². The number of aliphatic hydroxyl groups excluding tert-OH is 2. The van der Waals surface area contributed by atoms with Gasteiger partial charge in [-0.2, -0.15) is 21.6 Å². The Morgan fingerprint density at radius 2 is 0.833 bits per heavy atom. The summed E-state index contributed by atoms with van der Waals surface area (Å²) >= 11 is 0. The Labute approximate surface area is 475 Å². The Hall–Kier alpha value is -7.70. The molecular weight excluding hydrogens is 1380 g/mol. The molecule has 0 aliphatic carbocycles. The van der Waals surface area contributed by atoms with Gasteiger partial charge >= 0.3 is 15.6 Å². The van der Waals surface area contributed by atoms with E-state index in [2.05, 4.69) is 48.1 Å². The van der Waals surface area contributed by atoms with E-state index >= 15 is 0 Å². The zero-order valence-electron chi connectivity index (χ0n) is 41.9. The number of alkyl halides is 3. The molecule has 0 aliphatic rings. The summed E-state index contributed by atoms with van der Waals surface area (Å²) in [5, 5.41) is 16.0. The number of hydrogen-bond donors (Lipinski definition) is 3. The molecule has 3 N–H and O–H groups in total. The minimum Gasteiger partial charge on any atom is -0.462 e. The molecule has 0 atom stereocenters. The van der Waals surface area contributed by atoms with E-state index in [9.17, 15) is 13.2 Å². The van der Waals surface area contributed by atoms with Crippen molar-refractivity contribution in [2.24, 2.45) is 0 Å². The molecule has 0 spiro atoms. The van der Waals surface area contributed by atoms with Crippen LogP contribution in [-0.4, -0.2) is 72.8 Å². The SMILES string of the molecule is CO.CO.Cc1cccc(-c2[c-]cccc2)n1.Cc1cccc(-c2[c-]cccc2)n1.O=S(=O)(O)C(F)(F)F.[Ir].[Ir].[c-]1ccccc1-c1ncnc2c1oc1ccccc12.c1ccc(-c2ncnc3c2oc2ccccc23)cc1. The average molecular weight is 1430 g/mol. The summed E-state index contributed by atoms with van der Waals surface area (Å²) < 4.78 is 69.3. The van der Waals surface area contributed by atoms with Crippen molar-refractivity contribution in [2.75, 3.05) is 14.2 Å². The van der Waals surface area contributed by atoms with Crippen molar-refractivity contribution in [3.63, 3.8) is 0 Å². The summed E-state index contributed by atoms with van der Waals surface area (Å²) in [5.74, 6) is 0. The largest absolute Gasteiger partial charge is 0.522 e. The van der Waals surface area contributed by atoms with Crippen molar-refractivity contribution < 1.29 is 85.4 Å². The van der Waals surface area contributed by atoms with Crippen molar-refractivity contribution in [1.82, 2.24) is 29.9 Å². The molecule has 0 unspecified atom stereocenters. The van der Waals surface area contributed by atoms with E-state index in [0.29, 0.717) is 5.58 Å². The number of rotatable bonds is 4. The van der Waals surface area contributed by atoms with Crippen molar-refractivity contribution in [3.8, 4) is 45.0 Å². The first kappa shape index (κ1) is 62.8. The first-order chi connectivity index (χ1) is 36.8. The van der Waals surface area contributed by atoms with E-state index in [4.69, 9.17) is 32.0 Å². The molecule has 0 bridgehead atoms. The Morgan fingerprint density at radius 3 is 1.23 bits per heavy atom. The number of aliphatic hydroxyl groups is 2. The quantitative estimate of drug-likeness (QED) is 0.0855. The predicted octanol–water partition coefficient (Wildman–Crippen LogP) is 13.2. The monoisotopic (exact) mass is 1430 g/mol.